The van der Waals surface area contributed by atoms with E-state index in [0.29, 0.717) is 5.92 Å². The van der Waals surface area contributed by atoms with Crippen molar-refractivity contribution >= 4 is 11.5 Å². The molecule has 5 heterocycles. The normalized spacial score (nSPS) is 18.7. The number of piperidine rings is 1. The summed E-state index contributed by atoms with van der Waals surface area (Å²) in [5.41, 5.74) is 4.40. The van der Waals surface area contributed by atoms with Gasteiger partial charge in [0.05, 0.1) is 11.4 Å². The molecular formula is C22H30N8. The highest BCUT2D eigenvalue weighted by Gasteiger charge is 2.29. The van der Waals surface area contributed by atoms with Crippen LogP contribution in [0.25, 0.3) is 5.65 Å². The minimum absolute atomic E-state index is 0.00163. The van der Waals surface area contributed by atoms with Crippen molar-refractivity contribution in [3.05, 3.63) is 41.2 Å². The molecule has 0 radical (unpaired) electrons. The molecule has 2 aliphatic rings. The summed E-state index contributed by atoms with van der Waals surface area (Å²) in [6, 6.07) is 4.09. The number of hydrogen-bond donors (Lipinski definition) is 0. The molecule has 1 fully saturated rings. The largest absolute Gasteiger partial charge is 0.356 e. The highest BCUT2D eigenvalue weighted by molar-refractivity contribution is 5.50. The van der Waals surface area contributed by atoms with Gasteiger partial charge in [-0.3, -0.25) is 0 Å². The Morgan fingerprint density at radius 2 is 1.80 bits per heavy atom. The zero-order chi connectivity index (χ0) is 20.9. The summed E-state index contributed by atoms with van der Waals surface area (Å²) in [6.45, 7) is 10.5. The number of anilines is 1. The zero-order valence-electron chi connectivity index (χ0n) is 18.3. The van der Waals surface area contributed by atoms with E-state index >= 15 is 0 Å². The molecule has 3 aromatic rings. The Labute approximate surface area is 177 Å². The van der Waals surface area contributed by atoms with Crippen LogP contribution in [0.1, 0.15) is 62.3 Å². The maximum absolute atomic E-state index is 4.88. The Hall–Kier alpha value is -2.61. The van der Waals surface area contributed by atoms with Crippen molar-refractivity contribution in [1.82, 2.24) is 34.7 Å². The maximum Gasteiger partial charge on any atom is 0.177 e. The van der Waals surface area contributed by atoms with Crippen LogP contribution in [0.15, 0.2) is 18.5 Å². The van der Waals surface area contributed by atoms with Crippen molar-refractivity contribution in [3.8, 4) is 0 Å². The monoisotopic (exact) mass is 406 g/mol. The van der Waals surface area contributed by atoms with Gasteiger partial charge in [-0.15, -0.1) is 10.2 Å². The minimum atomic E-state index is -0.00163. The van der Waals surface area contributed by atoms with E-state index < -0.39 is 0 Å². The van der Waals surface area contributed by atoms with E-state index in [-0.39, 0.29) is 5.41 Å². The average Bonchev–Trinajstić information content (AvgIpc) is 3.16. The molecule has 0 amide bonds. The summed E-state index contributed by atoms with van der Waals surface area (Å²) in [4.78, 5) is 14.0. The van der Waals surface area contributed by atoms with Gasteiger partial charge in [0.2, 0.25) is 0 Å². The molecule has 8 nitrogen and oxygen atoms in total. The highest BCUT2D eigenvalue weighted by atomic mass is 15.4. The van der Waals surface area contributed by atoms with Gasteiger partial charge in [0.15, 0.2) is 11.5 Å². The Balaban J connectivity index is 1.37. The molecule has 0 bridgehead atoms. The molecule has 5 rings (SSSR count). The quantitative estimate of drug-likeness (QED) is 0.647. The molecule has 3 aromatic heterocycles. The van der Waals surface area contributed by atoms with Gasteiger partial charge in [-0.25, -0.2) is 9.97 Å². The smallest absolute Gasteiger partial charge is 0.177 e. The van der Waals surface area contributed by atoms with Crippen LogP contribution in [0.5, 0.6) is 0 Å². The lowest BCUT2D eigenvalue weighted by Crippen LogP contribution is -2.37. The van der Waals surface area contributed by atoms with Gasteiger partial charge >= 0.3 is 0 Å². The molecule has 0 aromatic carbocycles. The molecule has 0 atom stereocenters. The molecule has 30 heavy (non-hydrogen) atoms. The van der Waals surface area contributed by atoms with Crippen molar-refractivity contribution in [2.24, 2.45) is 0 Å². The van der Waals surface area contributed by atoms with Crippen LogP contribution in [-0.2, 0) is 18.4 Å². The van der Waals surface area contributed by atoms with Crippen LogP contribution in [0.4, 0.5) is 5.82 Å². The van der Waals surface area contributed by atoms with E-state index in [9.17, 15) is 0 Å². The fraction of sp³-hybridized carbons (Fsp3) is 0.591. The lowest BCUT2D eigenvalue weighted by molar-refractivity contribution is 0.308. The van der Waals surface area contributed by atoms with E-state index in [4.69, 9.17) is 5.10 Å². The van der Waals surface area contributed by atoms with Crippen molar-refractivity contribution in [2.75, 3.05) is 31.6 Å². The molecule has 0 unspecified atom stereocenters. The zero-order valence-corrected chi connectivity index (χ0v) is 18.3. The standard InChI is InChI=1S/C22H30N8/c1-22(2,3)18-5-6-19-25-26-20(30(19)27-18)15-7-11-29(12-8-15)21-16-13-28(4)10-9-17(16)23-14-24-21/h5-6,14-15H,7-13H2,1-4H3. The molecule has 8 heteroatoms. The second-order valence-electron chi connectivity index (χ2n) is 9.67. The van der Waals surface area contributed by atoms with Crippen LogP contribution < -0.4 is 4.90 Å². The van der Waals surface area contributed by atoms with Crippen molar-refractivity contribution in [3.63, 3.8) is 0 Å². The summed E-state index contributed by atoms with van der Waals surface area (Å²) in [5, 5.41) is 13.8. The summed E-state index contributed by atoms with van der Waals surface area (Å²) < 4.78 is 1.96. The lowest BCUT2D eigenvalue weighted by Gasteiger charge is -2.35. The number of fused-ring (bicyclic) bond motifs is 2. The van der Waals surface area contributed by atoms with Crippen LogP contribution in [0.3, 0.4) is 0 Å². The van der Waals surface area contributed by atoms with Gasteiger partial charge in [-0.05, 0) is 32.0 Å². The molecular weight excluding hydrogens is 376 g/mol. The molecule has 0 N–H and O–H groups in total. The first-order chi connectivity index (χ1) is 14.4. The number of nitrogens with zero attached hydrogens (tertiary/aromatic N) is 8. The maximum atomic E-state index is 4.88. The second kappa shape index (κ2) is 7.27. The lowest BCUT2D eigenvalue weighted by atomic mass is 9.92. The SMILES string of the molecule is CN1CCc2ncnc(N3CCC(c4nnc5ccc(C(C)(C)C)nn45)CC3)c2C1. The topological polar surface area (TPSA) is 75.3 Å². The van der Waals surface area contributed by atoms with E-state index in [2.05, 4.69) is 63.9 Å². The Morgan fingerprint density at radius 1 is 1.00 bits per heavy atom. The first-order valence-electron chi connectivity index (χ1n) is 10.9. The Kier molecular flexibility index (Phi) is 4.69. The molecule has 2 aliphatic heterocycles. The van der Waals surface area contributed by atoms with E-state index in [1.165, 1.54) is 11.3 Å². The van der Waals surface area contributed by atoms with Gasteiger partial charge in [0.25, 0.3) is 0 Å². The predicted octanol–water partition coefficient (Wildman–Crippen LogP) is 2.58. The number of aromatic nitrogens is 6. The second-order valence-corrected chi connectivity index (χ2v) is 9.67. The minimum Gasteiger partial charge on any atom is -0.356 e. The van der Waals surface area contributed by atoms with E-state index in [1.807, 2.05) is 10.6 Å². The Bertz CT molecular complexity index is 1060. The van der Waals surface area contributed by atoms with E-state index in [1.54, 1.807) is 6.33 Å². The summed E-state index contributed by atoms with van der Waals surface area (Å²) in [5.74, 6) is 2.46. The molecule has 0 spiro atoms. The predicted molar refractivity (Wildman–Crippen MR) is 116 cm³/mol. The van der Waals surface area contributed by atoms with Crippen molar-refractivity contribution in [2.45, 2.75) is 57.9 Å². The fourth-order valence-corrected chi connectivity index (χ4v) is 4.54. The third-order valence-corrected chi connectivity index (χ3v) is 6.39. The number of likely N-dealkylation sites (N-methyl/N-ethyl adjacent to an activating group) is 1. The van der Waals surface area contributed by atoms with Crippen molar-refractivity contribution in [1.29, 1.82) is 0 Å². The molecule has 1 saturated heterocycles. The van der Waals surface area contributed by atoms with Gasteiger partial charge < -0.3 is 9.80 Å². The van der Waals surface area contributed by atoms with Crippen LogP contribution in [0.2, 0.25) is 0 Å². The molecule has 158 valence electrons. The third kappa shape index (κ3) is 3.43. The Morgan fingerprint density at radius 3 is 2.57 bits per heavy atom. The first kappa shape index (κ1) is 19.4. The van der Waals surface area contributed by atoms with Crippen LogP contribution in [0, 0.1) is 0 Å². The molecule has 0 saturated carbocycles. The summed E-state index contributed by atoms with van der Waals surface area (Å²) in [6.07, 6.45) is 4.79. The number of rotatable bonds is 2. The molecule has 0 aliphatic carbocycles. The van der Waals surface area contributed by atoms with Crippen LogP contribution in [-0.4, -0.2) is 61.4 Å². The van der Waals surface area contributed by atoms with Gasteiger partial charge in [-0.1, -0.05) is 20.8 Å². The summed E-state index contributed by atoms with van der Waals surface area (Å²) in [7, 11) is 2.17. The average molecular weight is 407 g/mol. The van der Waals surface area contributed by atoms with Crippen LogP contribution >= 0.6 is 0 Å². The summed E-state index contributed by atoms with van der Waals surface area (Å²) >= 11 is 0. The van der Waals surface area contributed by atoms with Crippen molar-refractivity contribution < 1.29 is 0 Å². The fourth-order valence-electron chi connectivity index (χ4n) is 4.54. The first-order valence-corrected chi connectivity index (χ1v) is 10.9. The van der Waals surface area contributed by atoms with E-state index in [0.717, 1.165) is 68.4 Å². The number of hydrogen-bond acceptors (Lipinski definition) is 7. The van der Waals surface area contributed by atoms with Gasteiger partial charge in [-0.2, -0.15) is 9.61 Å². The highest BCUT2D eigenvalue weighted by Crippen LogP contribution is 2.32. The van der Waals surface area contributed by atoms with Gasteiger partial charge in [0, 0.05) is 49.5 Å². The third-order valence-electron chi connectivity index (χ3n) is 6.39. The van der Waals surface area contributed by atoms with Gasteiger partial charge in [0.1, 0.15) is 12.1 Å².